The van der Waals surface area contributed by atoms with Crippen molar-refractivity contribution in [3.05, 3.63) is 5.01 Å². The van der Waals surface area contributed by atoms with Crippen LogP contribution >= 0.6 is 35.3 Å². The Morgan fingerprint density at radius 3 is 3.05 bits per heavy atom. The first-order valence-electron chi connectivity index (χ1n) is 6.76. The van der Waals surface area contributed by atoms with Gasteiger partial charge in [0.25, 0.3) is 0 Å². The van der Waals surface area contributed by atoms with Crippen molar-refractivity contribution < 1.29 is 4.79 Å². The molecule has 0 aliphatic heterocycles. The Hall–Kier alpha value is -0.770. The smallest absolute Gasteiger partial charge is 0.236 e. The van der Waals surface area contributed by atoms with Crippen molar-refractivity contribution in [3.8, 4) is 0 Å². The third-order valence-electron chi connectivity index (χ3n) is 3.50. The molecule has 0 spiro atoms. The number of rotatable bonds is 5. The van der Waals surface area contributed by atoms with Gasteiger partial charge < -0.3 is 5.43 Å². The number of aromatic nitrogens is 2. The van der Waals surface area contributed by atoms with E-state index >= 15 is 0 Å². The third kappa shape index (κ3) is 4.60. The van der Waals surface area contributed by atoms with Crippen molar-refractivity contribution in [1.29, 1.82) is 0 Å². The molecule has 21 heavy (non-hydrogen) atoms. The molecule has 1 aromatic rings. The molecule has 2 rings (SSSR count). The van der Waals surface area contributed by atoms with E-state index in [4.69, 9.17) is 18.1 Å². The fourth-order valence-electron chi connectivity index (χ4n) is 2.51. The van der Waals surface area contributed by atoms with E-state index in [1.54, 1.807) is 0 Å². The van der Waals surface area contributed by atoms with Crippen LogP contribution in [0.1, 0.15) is 36.6 Å². The van der Waals surface area contributed by atoms with Crippen LogP contribution in [-0.2, 0) is 4.79 Å². The van der Waals surface area contributed by atoms with Crippen LogP contribution in [-0.4, -0.2) is 33.1 Å². The Labute approximate surface area is 137 Å². The van der Waals surface area contributed by atoms with Crippen molar-refractivity contribution in [2.45, 2.75) is 31.6 Å². The number of hydrazine groups is 1. The highest BCUT2D eigenvalue weighted by Crippen LogP contribution is 2.38. The van der Waals surface area contributed by atoms with E-state index in [1.165, 1.54) is 23.1 Å². The Kier molecular flexibility index (Phi) is 6.34. The molecule has 1 fully saturated rings. The monoisotopic (exact) mass is 345 g/mol. The molecule has 0 bridgehead atoms. The molecule has 0 radical (unpaired) electrons. The summed E-state index contributed by atoms with van der Waals surface area (Å²) in [5.41, 5.74) is 2.59. The lowest BCUT2D eigenvalue weighted by atomic mass is 9.82. The van der Waals surface area contributed by atoms with Gasteiger partial charge in [-0.1, -0.05) is 30.0 Å². The van der Waals surface area contributed by atoms with Crippen LogP contribution in [0.3, 0.4) is 0 Å². The molecule has 6 nitrogen and oxygen atoms in total. The van der Waals surface area contributed by atoms with Crippen molar-refractivity contribution in [1.82, 2.24) is 15.6 Å². The van der Waals surface area contributed by atoms with Crippen molar-refractivity contribution in [2.75, 3.05) is 17.3 Å². The number of hydrogen-bond donors (Lipinski definition) is 3. The molecule has 1 aliphatic carbocycles. The molecule has 1 saturated carbocycles. The molecule has 1 aromatic heterocycles. The lowest BCUT2D eigenvalue weighted by Gasteiger charge is -2.27. The van der Waals surface area contributed by atoms with Gasteiger partial charge in [-0.25, -0.2) is 0 Å². The van der Waals surface area contributed by atoms with E-state index in [0.29, 0.717) is 22.7 Å². The normalized spacial score (nSPS) is 21.8. The van der Waals surface area contributed by atoms with Gasteiger partial charge >= 0.3 is 0 Å². The summed E-state index contributed by atoms with van der Waals surface area (Å²) in [5, 5.41) is 12.6. The fraction of sp³-hybridized carbons (Fsp3) is 0.667. The van der Waals surface area contributed by atoms with Crippen molar-refractivity contribution in [2.24, 2.45) is 11.8 Å². The Bertz CT molecular complexity index is 507. The van der Waals surface area contributed by atoms with E-state index in [1.807, 2.05) is 6.26 Å². The Morgan fingerprint density at radius 2 is 2.33 bits per heavy atom. The summed E-state index contributed by atoms with van der Waals surface area (Å²) in [4.78, 5) is 12.3. The quantitative estimate of drug-likeness (QED) is 0.426. The largest absolute Gasteiger partial charge is 0.318 e. The maximum absolute atomic E-state index is 11.5. The minimum atomic E-state index is -0.0415. The maximum Gasteiger partial charge on any atom is 0.236 e. The number of anilines is 1. The first-order valence-corrected chi connectivity index (χ1v) is 9.38. The summed E-state index contributed by atoms with van der Waals surface area (Å²) >= 11 is 8.18. The highest BCUT2D eigenvalue weighted by Gasteiger charge is 2.28. The van der Waals surface area contributed by atoms with E-state index in [0.717, 1.165) is 35.7 Å². The number of nitrogens with zero attached hydrogens (tertiary/aromatic N) is 2. The average Bonchev–Trinajstić information content (AvgIpc) is 2.95. The molecule has 0 unspecified atom stereocenters. The molecule has 0 aromatic carbocycles. The third-order valence-corrected chi connectivity index (χ3v) is 5.50. The average molecular weight is 346 g/mol. The summed E-state index contributed by atoms with van der Waals surface area (Å²) in [5.74, 6) is 6.45. The number of carbonyl (C=O) groups excluding carboxylic acids is 1. The Balaban J connectivity index is 1.97. The maximum atomic E-state index is 11.5. The number of nitrogens with one attached hydrogen (secondary N) is 2. The van der Waals surface area contributed by atoms with Crippen LogP contribution < -0.4 is 16.6 Å². The van der Waals surface area contributed by atoms with Crippen LogP contribution in [0, 0.1) is 5.92 Å². The molecule has 2 atom stereocenters. The summed E-state index contributed by atoms with van der Waals surface area (Å²) in [7, 11) is 0. The number of carbonyl (C=O) groups is 1. The zero-order valence-electron chi connectivity index (χ0n) is 11.8. The van der Waals surface area contributed by atoms with Gasteiger partial charge in [-0.05, 0) is 25.5 Å². The number of thioether (sulfide) groups is 1. The highest BCUT2D eigenvalue weighted by molar-refractivity contribution is 7.99. The number of amides is 1. The van der Waals surface area contributed by atoms with Gasteiger partial charge in [0, 0.05) is 11.8 Å². The van der Waals surface area contributed by atoms with Crippen LogP contribution in [0.25, 0.3) is 0 Å². The van der Waals surface area contributed by atoms with Gasteiger partial charge in [-0.2, -0.15) is 11.8 Å². The number of nitrogens with two attached hydrogens (primary N) is 1. The van der Waals surface area contributed by atoms with Crippen molar-refractivity contribution >= 4 is 51.3 Å². The second-order valence-electron chi connectivity index (χ2n) is 5.00. The van der Waals surface area contributed by atoms with Crippen LogP contribution in [0.15, 0.2) is 0 Å². The van der Waals surface area contributed by atoms with Crippen LogP contribution in [0.5, 0.6) is 0 Å². The molecule has 0 saturated heterocycles. The summed E-state index contributed by atoms with van der Waals surface area (Å²) in [6.45, 7) is 0. The summed E-state index contributed by atoms with van der Waals surface area (Å²) in [6, 6.07) is 0. The van der Waals surface area contributed by atoms with Crippen LogP contribution in [0.4, 0.5) is 5.13 Å². The van der Waals surface area contributed by atoms with Crippen LogP contribution in [0.2, 0.25) is 0 Å². The number of thiocarbonyl (C=S) groups is 1. The lowest BCUT2D eigenvalue weighted by molar-refractivity contribution is -0.113. The SMILES string of the molecule is CSCC(=O)Nc1nnc([C@H]2CCC[C@H](C(=S)NN)C2)s1. The minimum Gasteiger partial charge on any atom is -0.318 e. The second kappa shape index (κ2) is 8.02. The van der Waals surface area contributed by atoms with Gasteiger partial charge in [0.15, 0.2) is 0 Å². The predicted molar refractivity (Wildman–Crippen MR) is 91.5 cm³/mol. The molecule has 1 amide bonds. The first-order chi connectivity index (χ1) is 10.1. The summed E-state index contributed by atoms with van der Waals surface area (Å²) in [6.07, 6.45) is 6.08. The minimum absolute atomic E-state index is 0.0415. The standard InChI is InChI=1S/C12H19N5OS3/c1-20-6-9(18)14-12-17-16-11(21-12)8-4-2-3-7(5-8)10(19)15-13/h7-8H,2-6,13H2,1H3,(H,15,19)(H,14,17,18)/t7-,8-/m0/s1. The molecule has 9 heteroatoms. The zero-order valence-corrected chi connectivity index (χ0v) is 14.2. The zero-order chi connectivity index (χ0) is 15.2. The van der Waals surface area contributed by atoms with E-state index in [-0.39, 0.29) is 5.91 Å². The second-order valence-corrected chi connectivity index (χ2v) is 7.31. The first kappa shape index (κ1) is 16.6. The topological polar surface area (TPSA) is 92.9 Å². The molecule has 116 valence electrons. The van der Waals surface area contributed by atoms with Gasteiger partial charge in [0.2, 0.25) is 11.0 Å². The molecule has 4 N–H and O–H groups in total. The van der Waals surface area contributed by atoms with Crippen molar-refractivity contribution in [3.63, 3.8) is 0 Å². The highest BCUT2D eigenvalue weighted by atomic mass is 32.2. The summed E-state index contributed by atoms with van der Waals surface area (Å²) < 4.78 is 0. The molecular weight excluding hydrogens is 326 g/mol. The van der Waals surface area contributed by atoms with Gasteiger partial charge in [0.1, 0.15) is 5.01 Å². The molecule has 1 aliphatic rings. The predicted octanol–water partition coefficient (Wildman–Crippen LogP) is 1.90. The van der Waals surface area contributed by atoms with E-state index < -0.39 is 0 Å². The molecule has 1 heterocycles. The van der Waals surface area contributed by atoms with Gasteiger partial charge in [-0.3, -0.25) is 16.0 Å². The Morgan fingerprint density at radius 1 is 1.52 bits per heavy atom. The van der Waals surface area contributed by atoms with E-state index in [9.17, 15) is 4.79 Å². The van der Waals surface area contributed by atoms with Gasteiger partial charge in [-0.15, -0.1) is 10.2 Å². The lowest BCUT2D eigenvalue weighted by Crippen LogP contribution is -2.36. The number of hydrogen-bond acceptors (Lipinski definition) is 7. The molecular formula is C12H19N5OS3. The van der Waals surface area contributed by atoms with E-state index in [2.05, 4.69) is 20.9 Å². The van der Waals surface area contributed by atoms with Gasteiger partial charge in [0.05, 0.1) is 10.7 Å². The fourth-order valence-corrected chi connectivity index (χ4v) is 3.96.